The second-order valence-electron chi connectivity index (χ2n) is 5.07. The van der Waals surface area contributed by atoms with Crippen LogP contribution in [0.15, 0.2) is 24.3 Å². The van der Waals surface area contributed by atoms with Crippen molar-refractivity contribution >= 4 is 5.69 Å². The Morgan fingerprint density at radius 3 is 2.25 bits per heavy atom. The molecule has 0 spiro atoms. The van der Waals surface area contributed by atoms with E-state index in [4.69, 9.17) is 5.73 Å². The number of benzene rings is 1. The molecular formula is C14H22N2. The van der Waals surface area contributed by atoms with E-state index in [-0.39, 0.29) is 5.54 Å². The standard InChI is InChI=1S/C14H22N2/c1-16(2)14(10-6-3-7-11-14)12-8-4-5-9-13(12)15/h4-5,8-9H,3,6-7,10-11,15H2,1-2H3. The fourth-order valence-electron chi connectivity index (χ4n) is 3.01. The van der Waals surface area contributed by atoms with Crippen LogP contribution in [-0.2, 0) is 5.54 Å². The first-order valence-electron chi connectivity index (χ1n) is 6.19. The summed E-state index contributed by atoms with van der Waals surface area (Å²) in [5.74, 6) is 0. The van der Waals surface area contributed by atoms with Gasteiger partial charge in [-0.3, -0.25) is 4.90 Å². The van der Waals surface area contributed by atoms with Crippen molar-refractivity contribution in [1.82, 2.24) is 4.90 Å². The molecule has 0 heterocycles. The Morgan fingerprint density at radius 1 is 1.06 bits per heavy atom. The topological polar surface area (TPSA) is 29.3 Å². The molecule has 2 N–H and O–H groups in total. The Hall–Kier alpha value is -1.02. The molecule has 0 saturated heterocycles. The van der Waals surface area contributed by atoms with Crippen molar-refractivity contribution in [2.45, 2.75) is 37.6 Å². The second kappa shape index (κ2) is 4.46. The van der Waals surface area contributed by atoms with E-state index < -0.39 is 0 Å². The lowest BCUT2D eigenvalue weighted by Gasteiger charge is -2.44. The van der Waals surface area contributed by atoms with E-state index in [1.807, 2.05) is 12.1 Å². The minimum Gasteiger partial charge on any atom is -0.398 e. The van der Waals surface area contributed by atoms with Crippen molar-refractivity contribution < 1.29 is 0 Å². The lowest BCUT2D eigenvalue weighted by atomic mass is 9.75. The quantitative estimate of drug-likeness (QED) is 0.773. The molecule has 1 aliphatic rings. The molecule has 1 fully saturated rings. The lowest BCUT2D eigenvalue weighted by molar-refractivity contribution is 0.0996. The van der Waals surface area contributed by atoms with Crippen molar-refractivity contribution in [2.75, 3.05) is 19.8 Å². The summed E-state index contributed by atoms with van der Waals surface area (Å²) in [7, 11) is 4.36. The number of hydrogen-bond acceptors (Lipinski definition) is 2. The van der Waals surface area contributed by atoms with Gasteiger partial charge in [0.05, 0.1) is 0 Å². The minimum atomic E-state index is 0.170. The molecule has 1 saturated carbocycles. The normalized spacial score (nSPS) is 19.9. The van der Waals surface area contributed by atoms with Crippen LogP contribution in [0.3, 0.4) is 0 Å². The van der Waals surface area contributed by atoms with Gasteiger partial charge in [0.2, 0.25) is 0 Å². The smallest absolute Gasteiger partial charge is 0.0475 e. The molecular weight excluding hydrogens is 196 g/mol. The first-order chi connectivity index (χ1) is 7.67. The lowest BCUT2D eigenvalue weighted by Crippen LogP contribution is -2.43. The summed E-state index contributed by atoms with van der Waals surface area (Å²) in [5, 5.41) is 0. The number of nitrogen functional groups attached to an aromatic ring is 1. The van der Waals surface area contributed by atoms with E-state index in [1.54, 1.807) is 0 Å². The average Bonchev–Trinajstić information content (AvgIpc) is 2.30. The highest BCUT2D eigenvalue weighted by atomic mass is 15.1. The highest BCUT2D eigenvalue weighted by Gasteiger charge is 2.36. The van der Waals surface area contributed by atoms with Gasteiger partial charge in [-0.25, -0.2) is 0 Å². The molecule has 1 aromatic rings. The SMILES string of the molecule is CN(C)C1(c2ccccc2N)CCCCC1. The van der Waals surface area contributed by atoms with Gasteiger partial charge < -0.3 is 5.73 Å². The van der Waals surface area contributed by atoms with Gasteiger partial charge in [-0.05, 0) is 38.6 Å². The molecule has 0 amide bonds. The third kappa shape index (κ3) is 1.82. The zero-order valence-corrected chi connectivity index (χ0v) is 10.4. The van der Waals surface area contributed by atoms with Crippen molar-refractivity contribution in [2.24, 2.45) is 0 Å². The molecule has 2 rings (SSSR count). The first kappa shape index (κ1) is 11.5. The molecule has 0 aliphatic heterocycles. The Bertz CT molecular complexity index is 352. The van der Waals surface area contributed by atoms with Crippen LogP contribution >= 0.6 is 0 Å². The van der Waals surface area contributed by atoms with Crippen LogP contribution in [0.5, 0.6) is 0 Å². The Balaban J connectivity index is 2.43. The van der Waals surface area contributed by atoms with Gasteiger partial charge in [-0.1, -0.05) is 37.5 Å². The highest BCUT2D eigenvalue weighted by Crippen LogP contribution is 2.42. The van der Waals surface area contributed by atoms with Crippen LogP contribution in [0.1, 0.15) is 37.7 Å². The highest BCUT2D eigenvalue weighted by molar-refractivity contribution is 5.50. The number of rotatable bonds is 2. The summed E-state index contributed by atoms with van der Waals surface area (Å²) in [6.07, 6.45) is 6.45. The molecule has 1 aromatic carbocycles. The van der Waals surface area contributed by atoms with E-state index >= 15 is 0 Å². The van der Waals surface area contributed by atoms with E-state index in [1.165, 1.54) is 37.7 Å². The molecule has 88 valence electrons. The number of hydrogen-bond donors (Lipinski definition) is 1. The largest absolute Gasteiger partial charge is 0.398 e. The summed E-state index contributed by atoms with van der Waals surface area (Å²) in [6, 6.07) is 8.34. The Morgan fingerprint density at radius 2 is 1.69 bits per heavy atom. The third-order valence-corrected chi connectivity index (χ3v) is 4.00. The fraction of sp³-hybridized carbons (Fsp3) is 0.571. The maximum Gasteiger partial charge on any atom is 0.0475 e. The summed E-state index contributed by atoms with van der Waals surface area (Å²) < 4.78 is 0. The van der Waals surface area contributed by atoms with Crippen molar-refractivity contribution in [3.8, 4) is 0 Å². The van der Waals surface area contributed by atoms with Gasteiger partial charge in [-0.2, -0.15) is 0 Å². The molecule has 0 radical (unpaired) electrons. The number of anilines is 1. The minimum absolute atomic E-state index is 0.170. The molecule has 0 atom stereocenters. The molecule has 2 nitrogen and oxygen atoms in total. The van der Waals surface area contributed by atoms with Crippen molar-refractivity contribution in [1.29, 1.82) is 0 Å². The summed E-state index contributed by atoms with van der Waals surface area (Å²) in [4.78, 5) is 2.36. The van der Waals surface area contributed by atoms with Crippen LogP contribution < -0.4 is 5.73 Å². The van der Waals surface area contributed by atoms with Crippen LogP contribution in [0.2, 0.25) is 0 Å². The predicted octanol–water partition coefficient (Wildman–Crippen LogP) is 2.99. The van der Waals surface area contributed by atoms with Crippen LogP contribution in [0.4, 0.5) is 5.69 Å². The maximum absolute atomic E-state index is 6.15. The predicted molar refractivity (Wildman–Crippen MR) is 69.3 cm³/mol. The monoisotopic (exact) mass is 218 g/mol. The van der Waals surface area contributed by atoms with Gasteiger partial charge in [0.15, 0.2) is 0 Å². The van der Waals surface area contributed by atoms with Gasteiger partial charge in [0.1, 0.15) is 0 Å². The van der Waals surface area contributed by atoms with Gasteiger partial charge in [-0.15, -0.1) is 0 Å². The molecule has 16 heavy (non-hydrogen) atoms. The summed E-state index contributed by atoms with van der Waals surface area (Å²) in [5.41, 5.74) is 8.58. The van der Waals surface area contributed by atoms with E-state index in [0.29, 0.717) is 0 Å². The molecule has 0 unspecified atom stereocenters. The zero-order chi connectivity index (χ0) is 11.6. The fourth-order valence-corrected chi connectivity index (χ4v) is 3.01. The molecule has 2 heteroatoms. The van der Waals surface area contributed by atoms with Crippen LogP contribution in [0.25, 0.3) is 0 Å². The second-order valence-corrected chi connectivity index (χ2v) is 5.07. The van der Waals surface area contributed by atoms with Crippen LogP contribution in [0, 0.1) is 0 Å². The Labute approximate surface area is 98.4 Å². The van der Waals surface area contributed by atoms with Crippen molar-refractivity contribution in [3.63, 3.8) is 0 Å². The van der Waals surface area contributed by atoms with Gasteiger partial charge in [0.25, 0.3) is 0 Å². The van der Waals surface area contributed by atoms with Gasteiger partial charge >= 0.3 is 0 Å². The number of nitrogens with zero attached hydrogens (tertiary/aromatic N) is 1. The molecule has 0 bridgehead atoms. The number of nitrogens with two attached hydrogens (primary N) is 1. The number of para-hydroxylation sites is 1. The van der Waals surface area contributed by atoms with Gasteiger partial charge in [0, 0.05) is 11.2 Å². The first-order valence-corrected chi connectivity index (χ1v) is 6.19. The van der Waals surface area contributed by atoms with Crippen LogP contribution in [-0.4, -0.2) is 19.0 Å². The average molecular weight is 218 g/mol. The van der Waals surface area contributed by atoms with E-state index in [2.05, 4.69) is 31.1 Å². The summed E-state index contributed by atoms with van der Waals surface area (Å²) >= 11 is 0. The molecule has 1 aliphatic carbocycles. The van der Waals surface area contributed by atoms with E-state index in [9.17, 15) is 0 Å². The summed E-state index contributed by atoms with van der Waals surface area (Å²) in [6.45, 7) is 0. The zero-order valence-electron chi connectivity index (χ0n) is 10.4. The Kier molecular flexibility index (Phi) is 3.20. The molecule has 0 aromatic heterocycles. The van der Waals surface area contributed by atoms with E-state index in [0.717, 1.165) is 5.69 Å². The maximum atomic E-state index is 6.15. The van der Waals surface area contributed by atoms with Crippen molar-refractivity contribution in [3.05, 3.63) is 29.8 Å². The third-order valence-electron chi connectivity index (χ3n) is 4.00.